The number of H-pyrrole nitrogens is 2. The number of benzene rings is 2. The molecule has 0 spiro atoms. The molecule has 5 aromatic rings. The molecule has 7 rings (SSSR count). The number of nitrogens with one attached hydrogen (secondary N) is 4. The van der Waals surface area contributed by atoms with Crippen molar-refractivity contribution in [2.45, 2.75) is 63.7 Å². The van der Waals surface area contributed by atoms with Crippen LogP contribution in [0.3, 0.4) is 0 Å². The number of carbonyl (C=O) groups excluding carboxylic acids is 4. The monoisotopic (exact) mass is 821 g/mol. The third kappa shape index (κ3) is 9.58. The SMILES string of the molecule is COC(=O)NC(C(=O)N1CCC[C@H]1c1ncc(C#CC#Cc2ccc(-c3cnc([C@@H]4CCCN4C(=O)[C@@H](NC(=O)OC)C(C)C)[nH]3)cc2-c2cccnc2)[nH]1)c1ccccc1. The Hall–Kier alpha value is -7.39. The number of methoxy groups -OCH3 is 2. The van der Waals surface area contributed by atoms with Crippen LogP contribution in [0.5, 0.6) is 0 Å². The van der Waals surface area contributed by atoms with Gasteiger partial charge in [-0.1, -0.05) is 62.2 Å². The molecule has 2 aliphatic rings. The summed E-state index contributed by atoms with van der Waals surface area (Å²) >= 11 is 0. The zero-order chi connectivity index (χ0) is 42.9. The molecule has 15 nitrogen and oxygen atoms in total. The van der Waals surface area contributed by atoms with Crippen LogP contribution >= 0.6 is 0 Å². The minimum absolute atomic E-state index is 0.137. The van der Waals surface area contributed by atoms with Gasteiger partial charge in [-0.25, -0.2) is 19.6 Å². The number of ether oxygens (including phenoxy) is 2. The summed E-state index contributed by atoms with van der Waals surface area (Å²) < 4.78 is 9.58. The molecule has 3 aromatic heterocycles. The summed E-state index contributed by atoms with van der Waals surface area (Å²) in [6.07, 6.45) is 8.57. The average molecular weight is 822 g/mol. The largest absolute Gasteiger partial charge is 0.453 e. The van der Waals surface area contributed by atoms with Gasteiger partial charge in [0.05, 0.1) is 44.4 Å². The number of rotatable bonds is 10. The molecular weight excluding hydrogens is 775 g/mol. The first-order chi connectivity index (χ1) is 29.6. The maximum atomic E-state index is 13.9. The number of pyridine rings is 1. The molecule has 0 bridgehead atoms. The Kier molecular flexibility index (Phi) is 13.1. The first kappa shape index (κ1) is 41.8. The van der Waals surface area contributed by atoms with Crippen LogP contribution in [-0.2, 0) is 19.1 Å². The van der Waals surface area contributed by atoms with Crippen molar-refractivity contribution in [3.05, 3.63) is 114 Å². The van der Waals surface area contributed by atoms with Crippen LogP contribution in [0.15, 0.2) is 85.5 Å². The first-order valence-electron chi connectivity index (χ1n) is 20.2. The molecule has 2 aromatic carbocycles. The highest BCUT2D eigenvalue weighted by Gasteiger charge is 2.38. The van der Waals surface area contributed by atoms with E-state index in [2.05, 4.69) is 54.3 Å². The molecule has 0 radical (unpaired) electrons. The summed E-state index contributed by atoms with van der Waals surface area (Å²) in [6.45, 7) is 4.84. The molecule has 5 heterocycles. The van der Waals surface area contributed by atoms with Gasteiger partial charge in [-0.05, 0) is 78.7 Å². The first-order valence-corrected chi connectivity index (χ1v) is 20.2. The standard InChI is InChI=1S/C46H47N9O6/c1-29(2)39(52-45(58)60-3)43(56)54-23-12-19-38(54)42-49-28-36(51-42)32-21-20-30(35(25-32)33-16-10-22-47-26-33)13-8-9-17-34-27-48-41(50-34)37-18-11-24-55(37)44(57)40(53-46(59)61-4)31-14-6-5-7-15-31/h5-7,10,14-16,20-22,25-29,37-40H,11-12,18-19,23-24H2,1-4H3,(H,48,50)(H,49,51)(H,52,58)(H,53,59)/t37-,38-,39-,40?/m0/s1. The Bertz CT molecular complexity index is 2500. The van der Waals surface area contributed by atoms with Crippen LogP contribution in [0.25, 0.3) is 22.4 Å². The fourth-order valence-electron chi connectivity index (χ4n) is 7.78. The topological polar surface area (TPSA) is 188 Å². The highest BCUT2D eigenvalue weighted by molar-refractivity contribution is 5.88. The molecule has 2 saturated heterocycles. The van der Waals surface area contributed by atoms with Gasteiger partial charge < -0.3 is 39.9 Å². The highest BCUT2D eigenvalue weighted by Crippen LogP contribution is 2.35. The van der Waals surface area contributed by atoms with E-state index >= 15 is 0 Å². The van der Waals surface area contributed by atoms with Crippen LogP contribution in [0, 0.1) is 29.6 Å². The Morgan fingerprint density at radius 2 is 1.43 bits per heavy atom. The molecule has 1 unspecified atom stereocenters. The number of nitrogens with zero attached hydrogens (tertiary/aromatic N) is 5. The average Bonchev–Trinajstić information content (AvgIpc) is 4.14. The maximum absolute atomic E-state index is 13.9. The second-order valence-electron chi connectivity index (χ2n) is 15.1. The van der Waals surface area contributed by atoms with Crippen molar-refractivity contribution in [3.63, 3.8) is 0 Å². The summed E-state index contributed by atoms with van der Waals surface area (Å²) in [5.74, 6) is 12.9. The summed E-state index contributed by atoms with van der Waals surface area (Å²) in [7, 11) is 2.54. The molecule has 4 N–H and O–H groups in total. The number of imidazole rings is 2. The van der Waals surface area contributed by atoms with Gasteiger partial charge in [0.25, 0.3) is 5.91 Å². The number of carbonyl (C=O) groups is 4. The quantitative estimate of drug-likeness (QED) is 0.121. The Balaban J connectivity index is 1.08. The van der Waals surface area contributed by atoms with Crippen LogP contribution in [0.1, 0.15) is 86.1 Å². The molecule has 2 aliphatic heterocycles. The fourth-order valence-corrected chi connectivity index (χ4v) is 7.78. The lowest BCUT2D eigenvalue weighted by molar-refractivity contribution is -0.135. The smallest absolute Gasteiger partial charge is 0.407 e. The normalized spacial score (nSPS) is 16.7. The number of likely N-dealkylation sites (tertiary alicyclic amines) is 2. The lowest BCUT2D eigenvalue weighted by Crippen LogP contribution is -2.51. The van der Waals surface area contributed by atoms with Crippen molar-refractivity contribution in [2.75, 3.05) is 27.3 Å². The molecule has 0 saturated carbocycles. The van der Waals surface area contributed by atoms with Gasteiger partial charge in [0.1, 0.15) is 29.4 Å². The van der Waals surface area contributed by atoms with Gasteiger partial charge in [0.2, 0.25) is 5.91 Å². The maximum Gasteiger partial charge on any atom is 0.407 e. The number of aromatic amines is 2. The molecular formula is C46H47N9O6. The van der Waals surface area contributed by atoms with Gasteiger partial charge in [-0.15, -0.1) is 0 Å². The number of alkyl carbamates (subject to hydrolysis) is 2. The van der Waals surface area contributed by atoms with Crippen LogP contribution < -0.4 is 10.6 Å². The van der Waals surface area contributed by atoms with Gasteiger partial charge >= 0.3 is 12.2 Å². The van der Waals surface area contributed by atoms with E-state index in [1.165, 1.54) is 14.2 Å². The number of hydrogen-bond acceptors (Lipinski definition) is 9. The van der Waals surface area contributed by atoms with E-state index in [0.717, 1.165) is 47.2 Å². The van der Waals surface area contributed by atoms with Crippen LogP contribution in [0.4, 0.5) is 9.59 Å². The third-order valence-corrected chi connectivity index (χ3v) is 10.9. The Morgan fingerprint density at radius 1 is 0.754 bits per heavy atom. The van der Waals surface area contributed by atoms with E-state index in [1.807, 2.05) is 62.4 Å². The molecule has 4 amide bonds. The van der Waals surface area contributed by atoms with Crippen LogP contribution in [-0.4, -0.2) is 92.1 Å². The van der Waals surface area contributed by atoms with E-state index in [-0.39, 0.29) is 29.8 Å². The summed E-state index contributed by atoms with van der Waals surface area (Å²) in [4.78, 5) is 75.6. The van der Waals surface area contributed by atoms with E-state index < -0.39 is 24.3 Å². The van der Waals surface area contributed by atoms with Crippen LogP contribution in [0.2, 0.25) is 0 Å². The Morgan fingerprint density at radius 3 is 2.11 bits per heavy atom. The van der Waals surface area contributed by atoms with Gasteiger partial charge in [-0.2, -0.15) is 0 Å². The van der Waals surface area contributed by atoms with Crippen molar-refractivity contribution in [1.82, 2.24) is 45.4 Å². The van der Waals surface area contributed by atoms with Crippen molar-refractivity contribution in [1.29, 1.82) is 0 Å². The van der Waals surface area contributed by atoms with Crippen molar-refractivity contribution in [3.8, 4) is 46.1 Å². The van der Waals surface area contributed by atoms with Gasteiger partial charge in [-0.3, -0.25) is 14.6 Å². The molecule has 0 aliphatic carbocycles. The number of aromatic nitrogens is 5. The summed E-state index contributed by atoms with van der Waals surface area (Å²) in [5.41, 5.74) is 5.33. The molecule has 15 heteroatoms. The van der Waals surface area contributed by atoms with Crippen molar-refractivity contribution < 1.29 is 28.7 Å². The van der Waals surface area contributed by atoms with Crippen molar-refractivity contribution >= 4 is 24.0 Å². The number of amides is 4. The van der Waals surface area contributed by atoms with E-state index in [4.69, 9.17) is 14.5 Å². The second-order valence-corrected chi connectivity index (χ2v) is 15.1. The van der Waals surface area contributed by atoms with Gasteiger partial charge in [0, 0.05) is 42.2 Å². The zero-order valence-corrected chi connectivity index (χ0v) is 34.4. The fraction of sp³-hybridized carbons (Fsp3) is 0.326. The van der Waals surface area contributed by atoms with E-state index in [9.17, 15) is 19.2 Å². The zero-order valence-electron chi connectivity index (χ0n) is 34.4. The Labute approximate surface area is 354 Å². The van der Waals surface area contributed by atoms with Crippen molar-refractivity contribution in [2.24, 2.45) is 5.92 Å². The van der Waals surface area contributed by atoms with Gasteiger partial charge in [0.15, 0.2) is 0 Å². The minimum atomic E-state index is -0.914. The van der Waals surface area contributed by atoms with E-state index in [0.29, 0.717) is 42.4 Å². The lowest BCUT2D eigenvalue weighted by atomic mass is 9.97. The third-order valence-electron chi connectivity index (χ3n) is 10.9. The highest BCUT2D eigenvalue weighted by atomic mass is 16.5. The lowest BCUT2D eigenvalue weighted by Gasteiger charge is -2.30. The second kappa shape index (κ2) is 19.1. The van der Waals surface area contributed by atoms with E-state index in [1.54, 1.807) is 46.7 Å². The predicted molar refractivity (Wildman–Crippen MR) is 226 cm³/mol. The molecule has 2 fully saturated rings. The summed E-state index contributed by atoms with van der Waals surface area (Å²) in [5, 5.41) is 5.38. The molecule has 61 heavy (non-hydrogen) atoms. The molecule has 4 atom stereocenters. The molecule has 312 valence electrons. The number of hydrogen-bond donors (Lipinski definition) is 4. The predicted octanol–water partition coefficient (Wildman–Crippen LogP) is 6.07. The minimum Gasteiger partial charge on any atom is -0.453 e. The summed E-state index contributed by atoms with van der Waals surface area (Å²) in [6, 6.07) is 16.6.